The van der Waals surface area contributed by atoms with Gasteiger partial charge in [-0.25, -0.2) is 0 Å². The number of ketones is 1. The van der Waals surface area contributed by atoms with Gasteiger partial charge >= 0.3 is 0 Å². The average Bonchev–Trinajstić information content (AvgIpc) is 3.01. The molecule has 0 atom stereocenters. The van der Waals surface area contributed by atoms with Gasteiger partial charge in [0.05, 0.1) is 0 Å². The zero-order valence-electron chi connectivity index (χ0n) is 7.92. The highest BCUT2D eigenvalue weighted by molar-refractivity contribution is 5.89. The summed E-state index contributed by atoms with van der Waals surface area (Å²) in [6.07, 6.45) is 3.83. The fourth-order valence-corrected chi connectivity index (χ4v) is 2.09. The van der Waals surface area contributed by atoms with E-state index in [9.17, 15) is 4.79 Å². The van der Waals surface area contributed by atoms with Gasteiger partial charge in [-0.05, 0) is 25.7 Å². The minimum absolute atomic E-state index is 0.223. The smallest absolute Gasteiger partial charge is 0.143 e. The van der Waals surface area contributed by atoms with Crippen molar-refractivity contribution in [3.8, 4) is 0 Å². The monoisotopic (exact) mass is 183 g/mol. The van der Waals surface area contributed by atoms with Crippen LogP contribution in [0.15, 0.2) is 0 Å². The molecule has 3 nitrogen and oxygen atoms in total. The molecule has 0 aromatic carbocycles. The van der Waals surface area contributed by atoms with Crippen LogP contribution in [0.1, 0.15) is 25.7 Å². The van der Waals surface area contributed by atoms with Crippen molar-refractivity contribution in [2.24, 2.45) is 17.1 Å². The van der Waals surface area contributed by atoms with Crippen LogP contribution >= 0.6 is 0 Å². The molecule has 2 N–H and O–H groups in total. The van der Waals surface area contributed by atoms with Crippen LogP contribution < -0.4 is 5.73 Å². The van der Waals surface area contributed by atoms with Crippen molar-refractivity contribution in [1.29, 1.82) is 0 Å². The van der Waals surface area contributed by atoms with E-state index in [1.165, 1.54) is 0 Å². The summed E-state index contributed by atoms with van der Waals surface area (Å²) >= 11 is 0. The number of nitrogens with two attached hydrogens (primary N) is 1. The van der Waals surface area contributed by atoms with Crippen LogP contribution in [-0.2, 0) is 9.53 Å². The lowest BCUT2D eigenvalue weighted by molar-refractivity contribution is -0.134. The highest BCUT2D eigenvalue weighted by Gasteiger charge is 2.45. The molecular weight excluding hydrogens is 166 g/mol. The number of rotatable bonds is 3. The van der Waals surface area contributed by atoms with Crippen molar-refractivity contribution in [1.82, 2.24) is 0 Å². The number of hydrogen-bond acceptors (Lipinski definition) is 3. The van der Waals surface area contributed by atoms with Crippen LogP contribution in [-0.4, -0.2) is 25.5 Å². The van der Waals surface area contributed by atoms with Crippen LogP contribution in [0.25, 0.3) is 0 Å². The third kappa shape index (κ3) is 1.63. The van der Waals surface area contributed by atoms with Crippen LogP contribution in [0.3, 0.4) is 0 Å². The minimum Gasteiger partial charge on any atom is -0.381 e. The maximum absolute atomic E-state index is 12.0. The van der Waals surface area contributed by atoms with Crippen LogP contribution in [0, 0.1) is 11.3 Å². The van der Waals surface area contributed by atoms with Crippen molar-refractivity contribution < 1.29 is 9.53 Å². The van der Waals surface area contributed by atoms with Crippen molar-refractivity contribution in [2.45, 2.75) is 25.7 Å². The fraction of sp³-hybridized carbons (Fsp3) is 0.900. The molecule has 13 heavy (non-hydrogen) atoms. The van der Waals surface area contributed by atoms with Gasteiger partial charge in [-0.1, -0.05) is 0 Å². The first-order valence-electron chi connectivity index (χ1n) is 5.11. The highest BCUT2D eigenvalue weighted by Crippen LogP contribution is 2.41. The van der Waals surface area contributed by atoms with Crippen molar-refractivity contribution in [3.05, 3.63) is 0 Å². The van der Waals surface area contributed by atoms with Gasteiger partial charge in [0.1, 0.15) is 5.78 Å². The van der Waals surface area contributed by atoms with E-state index in [1.54, 1.807) is 0 Å². The number of carbonyl (C=O) groups excluding carboxylic acids is 1. The van der Waals surface area contributed by atoms with Crippen molar-refractivity contribution in [3.63, 3.8) is 0 Å². The number of Topliss-reactive ketones (excluding diaryl/α,β-unsaturated/α-hetero) is 1. The Morgan fingerprint density at radius 1 is 1.38 bits per heavy atom. The lowest BCUT2D eigenvalue weighted by Crippen LogP contribution is -2.44. The average molecular weight is 183 g/mol. The Kier molecular flexibility index (Phi) is 2.39. The van der Waals surface area contributed by atoms with Crippen LogP contribution in [0.2, 0.25) is 0 Å². The van der Waals surface area contributed by atoms with E-state index in [4.69, 9.17) is 10.5 Å². The van der Waals surface area contributed by atoms with Gasteiger partial charge in [0.2, 0.25) is 0 Å². The van der Waals surface area contributed by atoms with E-state index in [2.05, 4.69) is 0 Å². The molecular formula is C10H17NO2. The molecule has 1 aliphatic carbocycles. The molecule has 2 aliphatic rings. The molecule has 0 amide bonds. The molecule has 0 spiro atoms. The standard InChI is InChI=1S/C10H17NO2/c11-7-10(3-5-13-6-4-10)9(12)8-1-2-8/h8H,1-7,11H2. The lowest BCUT2D eigenvalue weighted by atomic mass is 9.75. The topological polar surface area (TPSA) is 52.3 Å². The van der Waals surface area contributed by atoms with Gasteiger partial charge in [-0.15, -0.1) is 0 Å². The molecule has 0 aromatic rings. The number of carbonyl (C=O) groups is 1. The zero-order valence-corrected chi connectivity index (χ0v) is 7.92. The molecule has 0 bridgehead atoms. The van der Waals surface area contributed by atoms with Crippen molar-refractivity contribution in [2.75, 3.05) is 19.8 Å². The van der Waals surface area contributed by atoms with E-state index in [-0.39, 0.29) is 5.41 Å². The Balaban J connectivity index is 2.07. The molecule has 1 heterocycles. The summed E-state index contributed by atoms with van der Waals surface area (Å²) in [4.78, 5) is 12.0. The van der Waals surface area contributed by atoms with E-state index in [1.807, 2.05) is 0 Å². The summed E-state index contributed by atoms with van der Waals surface area (Å²) < 4.78 is 5.27. The molecule has 1 saturated heterocycles. The quantitative estimate of drug-likeness (QED) is 0.701. The van der Waals surface area contributed by atoms with Crippen LogP contribution in [0.4, 0.5) is 0 Å². The van der Waals surface area contributed by atoms with Gasteiger partial charge in [0.15, 0.2) is 0 Å². The third-order valence-corrected chi connectivity index (χ3v) is 3.31. The first-order valence-corrected chi connectivity index (χ1v) is 5.11. The van der Waals surface area contributed by atoms with Gasteiger partial charge in [-0.3, -0.25) is 4.79 Å². The van der Waals surface area contributed by atoms with E-state index >= 15 is 0 Å². The van der Waals surface area contributed by atoms with Gasteiger partial charge in [-0.2, -0.15) is 0 Å². The number of hydrogen-bond donors (Lipinski definition) is 1. The predicted octanol–water partition coefficient (Wildman–Crippen LogP) is 0.721. The van der Waals surface area contributed by atoms with Crippen molar-refractivity contribution >= 4 is 5.78 Å². The summed E-state index contributed by atoms with van der Waals surface area (Å²) in [6.45, 7) is 1.91. The predicted molar refractivity (Wildman–Crippen MR) is 49.3 cm³/mol. The Labute approximate surface area is 78.6 Å². The zero-order chi connectivity index (χ0) is 9.31. The molecule has 1 saturated carbocycles. The lowest BCUT2D eigenvalue weighted by Gasteiger charge is -2.34. The first kappa shape index (κ1) is 9.16. The number of ether oxygens (including phenoxy) is 1. The molecule has 2 rings (SSSR count). The second kappa shape index (κ2) is 3.39. The summed E-state index contributed by atoms with van der Waals surface area (Å²) in [5.74, 6) is 0.750. The Morgan fingerprint density at radius 2 is 2.00 bits per heavy atom. The van der Waals surface area contributed by atoms with E-state index in [0.29, 0.717) is 31.5 Å². The summed E-state index contributed by atoms with van der Waals surface area (Å²) in [7, 11) is 0. The van der Waals surface area contributed by atoms with Crippen LogP contribution in [0.5, 0.6) is 0 Å². The molecule has 74 valence electrons. The maximum atomic E-state index is 12.0. The summed E-state index contributed by atoms with van der Waals surface area (Å²) in [5.41, 5.74) is 5.51. The molecule has 3 heteroatoms. The van der Waals surface area contributed by atoms with E-state index in [0.717, 1.165) is 25.7 Å². The summed E-state index contributed by atoms with van der Waals surface area (Å²) in [6, 6.07) is 0. The van der Waals surface area contributed by atoms with Gasteiger partial charge in [0.25, 0.3) is 0 Å². The maximum Gasteiger partial charge on any atom is 0.143 e. The molecule has 0 unspecified atom stereocenters. The van der Waals surface area contributed by atoms with Gasteiger partial charge in [0, 0.05) is 31.1 Å². The highest BCUT2D eigenvalue weighted by atomic mass is 16.5. The summed E-state index contributed by atoms with van der Waals surface area (Å²) in [5, 5.41) is 0. The van der Waals surface area contributed by atoms with E-state index < -0.39 is 0 Å². The Morgan fingerprint density at radius 3 is 2.46 bits per heavy atom. The normalized spacial score (nSPS) is 27.2. The first-order chi connectivity index (χ1) is 6.28. The fourth-order valence-electron chi connectivity index (χ4n) is 2.09. The third-order valence-electron chi connectivity index (χ3n) is 3.31. The SMILES string of the molecule is NCC1(C(=O)C2CC2)CCOCC1. The largest absolute Gasteiger partial charge is 0.381 e. The Hall–Kier alpha value is -0.410. The molecule has 1 aliphatic heterocycles. The molecule has 0 aromatic heterocycles. The minimum atomic E-state index is -0.223. The second-order valence-electron chi connectivity index (χ2n) is 4.24. The Bertz CT molecular complexity index is 205. The van der Waals surface area contributed by atoms with Gasteiger partial charge < -0.3 is 10.5 Å². The molecule has 2 fully saturated rings. The molecule has 0 radical (unpaired) electrons. The second-order valence-corrected chi connectivity index (χ2v) is 4.24.